The Morgan fingerprint density at radius 2 is 1.69 bits per heavy atom. The molecule has 1 aliphatic heterocycles. The summed E-state index contributed by atoms with van der Waals surface area (Å²) in [6, 6.07) is 26.3. The van der Waals surface area contributed by atoms with E-state index in [0.29, 0.717) is 23.5 Å². The van der Waals surface area contributed by atoms with Gasteiger partial charge in [-0.2, -0.15) is 5.26 Å². The van der Waals surface area contributed by atoms with E-state index >= 15 is 0 Å². The standard InChI is InChI=1S/C34H31N11/c1-22-4-2-6-27(39-22)28-11-12-29-34(41-28)45(33(42-29)26-5-3-16-38-32(26)36)25-9-7-23(8-10-25)21-44-18-14-24(15-19-44)40-30-13-17-37-31(20-35)43-30/h2-13,16-17,24H,14-15,18-19,21H2,1H3,(H2,36,38)(H,37,40,43). The zero-order valence-corrected chi connectivity index (χ0v) is 24.8. The molecule has 0 aliphatic carbocycles. The third-order valence-corrected chi connectivity index (χ3v) is 8.03. The Bertz CT molecular complexity index is 2020. The van der Waals surface area contributed by atoms with Gasteiger partial charge in [0.25, 0.3) is 0 Å². The van der Waals surface area contributed by atoms with E-state index in [9.17, 15) is 0 Å². The quantitative estimate of drug-likeness (QED) is 0.254. The Morgan fingerprint density at radius 1 is 0.867 bits per heavy atom. The maximum atomic E-state index is 9.07. The number of benzene rings is 1. The van der Waals surface area contributed by atoms with Crippen LogP contribution in [0.2, 0.25) is 0 Å². The molecular weight excluding hydrogens is 562 g/mol. The van der Waals surface area contributed by atoms with Crippen LogP contribution in [-0.2, 0) is 6.54 Å². The van der Waals surface area contributed by atoms with Crippen LogP contribution in [0.25, 0.3) is 39.6 Å². The second kappa shape index (κ2) is 12.1. The van der Waals surface area contributed by atoms with Crippen LogP contribution in [0.3, 0.4) is 0 Å². The van der Waals surface area contributed by atoms with Gasteiger partial charge in [-0.25, -0.2) is 24.9 Å². The fourth-order valence-electron chi connectivity index (χ4n) is 5.76. The van der Waals surface area contributed by atoms with Gasteiger partial charge in [0, 0.05) is 49.5 Å². The average Bonchev–Trinajstić information content (AvgIpc) is 3.45. The zero-order valence-electron chi connectivity index (χ0n) is 24.8. The first kappa shape index (κ1) is 28.1. The predicted molar refractivity (Wildman–Crippen MR) is 173 cm³/mol. The maximum Gasteiger partial charge on any atom is 0.234 e. The lowest BCUT2D eigenvalue weighted by Gasteiger charge is -2.32. The number of aromatic nitrogens is 7. The highest BCUT2D eigenvalue weighted by atomic mass is 15.2. The molecule has 0 spiro atoms. The molecule has 7 rings (SSSR count). The van der Waals surface area contributed by atoms with Crippen molar-refractivity contribution in [1.29, 1.82) is 5.26 Å². The number of aryl methyl sites for hydroxylation is 1. The van der Waals surface area contributed by atoms with Crippen molar-refractivity contribution >= 4 is 22.8 Å². The van der Waals surface area contributed by atoms with Gasteiger partial charge in [-0.3, -0.25) is 14.5 Å². The highest BCUT2D eigenvalue weighted by Crippen LogP contribution is 2.32. The summed E-state index contributed by atoms with van der Waals surface area (Å²) in [5, 5.41) is 12.5. The summed E-state index contributed by atoms with van der Waals surface area (Å²) in [7, 11) is 0. The first-order valence-corrected chi connectivity index (χ1v) is 14.9. The number of fused-ring (bicyclic) bond motifs is 1. The smallest absolute Gasteiger partial charge is 0.234 e. The van der Waals surface area contributed by atoms with Crippen molar-refractivity contribution in [2.24, 2.45) is 0 Å². The Morgan fingerprint density at radius 3 is 2.47 bits per heavy atom. The van der Waals surface area contributed by atoms with Gasteiger partial charge in [0.2, 0.25) is 5.82 Å². The number of piperidine rings is 1. The van der Waals surface area contributed by atoms with Gasteiger partial charge in [-0.05, 0) is 79.9 Å². The molecule has 11 heteroatoms. The Balaban J connectivity index is 1.13. The minimum absolute atomic E-state index is 0.181. The molecular formula is C34H31N11. The molecule has 45 heavy (non-hydrogen) atoms. The SMILES string of the molecule is Cc1cccc(-c2ccc3nc(-c4cccnc4N)n(-c4ccc(CN5CCC(Nc6ccnc(C#N)n6)CC5)cc4)c3n2)n1. The van der Waals surface area contributed by atoms with Crippen molar-refractivity contribution in [3.63, 3.8) is 0 Å². The highest BCUT2D eigenvalue weighted by Gasteiger charge is 2.21. The van der Waals surface area contributed by atoms with Crippen LogP contribution in [0.4, 0.5) is 11.6 Å². The monoisotopic (exact) mass is 593 g/mol. The minimum Gasteiger partial charge on any atom is -0.383 e. The number of imidazole rings is 1. The first-order valence-electron chi connectivity index (χ1n) is 14.9. The lowest BCUT2D eigenvalue weighted by Crippen LogP contribution is -2.38. The van der Waals surface area contributed by atoms with Gasteiger partial charge in [0.15, 0.2) is 11.5 Å². The molecule has 0 atom stereocenters. The number of pyridine rings is 3. The number of nitrogens with zero attached hydrogens (tertiary/aromatic N) is 9. The number of nitrogens with one attached hydrogen (secondary N) is 1. The van der Waals surface area contributed by atoms with E-state index < -0.39 is 0 Å². The molecule has 0 radical (unpaired) electrons. The molecule has 11 nitrogen and oxygen atoms in total. The average molecular weight is 594 g/mol. The van der Waals surface area contributed by atoms with E-state index in [1.807, 2.05) is 66.1 Å². The molecule has 222 valence electrons. The van der Waals surface area contributed by atoms with Gasteiger partial charge >= 0.3 is 0 Å². The van der Waals surface area contributed by atoms with Crippen molar-refractivity contribution in [3.8, 4) is 34.5 Å². The molecule has 1 saturated heterocycles. The zero-order chi connectivity index (χ0) is 30.8. The fourth-order valence-corrected chi connectivity index (χ4v) is 5.76. The Kier molecular flexibility index (Phi) is 7.55. The lowest BCUT2D eigenvalue weighted by molar-refractivity contribution is 0.211. The third kappa shape index (κ3) is 5.91. The number of hydrogen-bond acceptors (Lipinski definition) is 10. The van der Waals surface area contributed by atoms with Crippen LogP contribution in [0.5, 0.6) is 0 Å². The largest absolute Gasteiger partial charge is 0.383 e. The molecule has 1 aliphatic rings. The summed E-state index contributed by atoms with van der Waals surface area (Å²) < 4.78 is 2.05. The number of hydrogen-bond donors (Lipinski definition) is 2. The number of rotatable bonds is 7. The van der Waals surface area contributed by atoms with Gasteiger partial charge in [0.05, 0.1) is 17.0 Å². The van der Waals surface area contributed by atoms with Crippen LogP contribution in [0, 0.1) is 18.3 Å². The molecule has 6 aromatic rings. The summed E-state index contributed by atoms with van der Waals surface area (Å²) in [5.41, 5.74) is 13.2. The van der Waals surface area contributed by atoms with Crippen molar-refractivity contribution in [2.75, 3.05) is 24.1 Å². The van der Waals surface area contributed by atoms with Crippen molar-refractivity contribution < 1.29 is 0 Å². The minimum atomic E-state index is 0.181. The molecule has 0 saturated carbocycles. The molecule has 0 amide bonds. The predicted octanol–water partition coefficient (Wildman–Crippen LogP) is 5.17. The highest BCUT2D eigenvalue weighted by molar-refractivity contribution is 5.84. The second-order valence-corrected chi connectivity index (χ2v) is 11.1. The van der Waals surface area contributed by atoms with Crippen LogP contribution < -0.4 is 11.1 Å². The van der Waals surface area contributed by atoms with Gasteiger partial charge in [0.1, 0.15) is 23.2 Å². The number of likely N-dealkylation sites (tertiary alicyclic amines) is 1. The van der Waals surface area contributed by atoms with Crippen LogP contribution in [0.15, 0.2) is 85.2 Å². The summed E-state index contributed by atoms with van der Waals surface area (Å²) >= 11 is 0. The Hall–Kier alpha value is -5.73. The Labute approximate surface area is 260 Å². The van der Waals surface area contributed by atoms with Crippen molar-refractivity contribution in [1.82, 2.24) is 39.4 Å². The van der Waals surface area contributed by atoms with Gasteiger partial charge in [-0.1, -0.05) is 18.2 Å². The van der Waals surface area contributed by atoms with Gasteiger partial charge in [-0.15, -0.1) is 0 Å². The summed E-state index contributed by atoms with van der Waals surface area (Å²) in [5.74, 6) is 1.98. The van der Waals surface area contributed by atoms with E-state index in [1.54, 1.807) is 12.4 Å². The molecule has 3 N–H and O–H groups in total. The number of nitrogen functional groups attached to an aromatic ring is 1. The summed E-state index contributed by atoms with van der Waals surface area (Å²) in [6.07, 6.45) is 5.28. The topological polar surface area (TPSA) is 147 Å². The van der Waals surface area contributed by atoms with E-state index in [-0.39, 0.29) is 5.82 Å². The number of anilines is 2. The molecule has 0 bridgehead atoms. The maximum absolute atomic E-state index is 9.07. The van der Waals surface area contributed by atoms with E-state index in [0.717, 1.165) is 72.0 Å². The van der Waals surface area contributed by atoms with Crippen LogP contribution in [-0.4, -0.2) is 58.5 Å². The van der Waals surface area contributed by atoms with E-state index in [1.165, 1.54) is 5.56 Å². The van der Waals surface area contributed by atoms with Crippen molar-refractivity contribution in [2.45, 2.75) is 32.4 Å². The number of nitrogens with two attached hydrogens (primary N) is 1. The van der Waals surface area contributed by atoms with Crippen molar-refractivity contribution in [3.05, 3.63) is 102 Å². The molecule has 1 fully saturated rings. The first-order chi connectivity index (χ1) is 22.0. The van der Waals surface area contributed by atoms with E-state index in [4.69, 9.17) is 21.0 Å². The normalized spacial score (nSPS) is 14.0. The number of nitriles is 1. The van der Waals surface area contributed by atoms with E-state index in [2.05, 4.69) is 54.4 Å². The fraction of sp³-hybridized carbons (Fsp3) is 0.206. The van der Waals surface area contributed by atoms with Crippen LogP contribution >= 0.6 is 0 Å². The summed E-state index contributed by atoms with van der Waals surface area (Å²) in [4.78, 5) is 29.7. The molecule has 6 heterocycles. The van der Waals surface area contributed by atoms with Gasteiger partial charge < -0.3 is 11.1 Å². The second-order valence-electron chi connectivity index (χ2n) is 11.1. The molecule has 5 aromatic heterocycles. The van der Waals surface area contributed by atoms with Crippen LogP contribution in [0.1, 0.15) is 29.9 Å². The molecule has 0 unspecified atom stereocenters. The third-order valence-electron chi connectivity index (χ3n) is 8.03. The lowest BCUT2D eigenvalue weighted by atomic mass is 10.0. The molecule has 1 aromatic carbocycles. The summed E-state index contributed by atoms with van der Waals surface area (Å²) in [6.45, 7) is 4.76.